The zero-order valence-electron chi connectivity index (χ0n) is 18.3. The van der Waals surface area contributed by atoms with Crippen molar-refractivity contribution in [1.82, 2.24) is 20.0 Å². The number of methoxy groups -OCH3 is 1. The first-order valence-corrected chi connectivity index (χ1v) is 11.1. The molecule has 1 saturated heterocycles. The molecular weight excluding hydrogens is 412 g/mol. The molecule has 0 aromatic carbocycles. The summed E-state index contributed by atoms with van der Waals surface area (Å²) in [6.07, 6.45) is 7.01. The maximum atomic E-state index is 12.8. The first-order chi connectivity index (χ1) is 15.5. The van der Waals surface area contributed by atoms with Crippen molar-refractivity contribution < 1.29 is 19.5 Å². The molecule has 170 valence electrons. The van der Waals surface area contributed by atoms with Gasteiger partial charge in [-0.1, -0.05) is 19.3 Å². The average Bonchev–Trinajstić information content (AvgIpc) is 3.39. The molecular formula is C22H28N6O4. The number of hydrogen-bond donors (Lipinski definition) is 3. The Morgan fingerprint density at radius 3 is 2.88 bits per heavy atom. The van der Waals surface area contributed by atoms with Crippen LogP contribution in [0.4, 0.5) is 11.6 Å². The lowest BCUT2D eigenvalue weighted by Gasteiger charge is -2.34. The van der Waals surface area contributed by atoms with E-state index in [-0.39, 0.29) is 17.4 Å². The third-order valence-electron chi connectivity index (χ3n) is 6.63. The van der Waals surface area contributed by atoms with Crippen molar-refractivity contribution in [3.63, 3.8) is 0 Å². The van der Waals surface area contributed by atoms with Crippen LogP contribution in [0, 0.1) is 6.92 Å². The second kappa shape index (κ2) is 8.09. The van der Waals surface area contributed by atoms with Crippen LogP contribution in [0.1, 0.15) is 60.1 Å². The van der Waals surface area contributed by atoms with Crippen LogP contribution >= 0.6 is 0 Å². The molecule has 1 spiro atoms. The van der Waals surface area contributed by atoms with E-state index in [1.54, 1.807) is 6.07 Å². The molecule has 10 nitrogen and oxygen atoms in total. The molecule has 0 radical (unpaired) electrons. The normalized spacial score (nSPS) is 22.1. The summed E-state index contributed by atoms with van der Waals surface area (Å²) in [6, 6.07) is 1.83. The molecule has 1 saturated carbocycles. The van der Waals surface area contributed by atoms with Crippen LogP contribution in [0.3, 0.4) is 0 Å². The number of nitrogens with one attached hydrogen (secondary N) is 2. The van der Waals surface area contributed by atoms with Gasteiger partial charge in [0.2, 0.25) is 11.6 Å². The van der Waals surface area contributed by atoms with E-state index in [0.717, 1.165) is 48.8 Å². The molecule has 0 unspecified atom stereocenters. The highest BCUT2D eigenvalue weighted by Gasteiger charge is 2.47. The predicted octanol–water partition coefficient (Wildman–Crippen LogP) is 2.17. The van der Waals surface area contributed by atoms with Crippen LogP contribution in [-0.4, -0.2) is 52.2 Å². The quantitative estimate of drug-likeness (QED) is 0.623. The Kier molecular flexibility index (Phi) is 5.24. The predicted molar refractivity (Wildman–Crippen MR) is 115 cm³/mol. The van der Waals surface area contributed by atoms with Gasteiger partial charge >= 0.3 is 0 Å². The first-order valence-electron chi connectivity index (χ1n) is 11.1. The third-order valence-corrected chi connectivity index (χ3v) is 6.63. The number of carbonyl (C=O) groups is 1. The van der Waals surface area contributed by atoms with Crippen molar-refractivity contribution in [3.05, 3.63) is 34.7 Å². The fraction of sp³-hybridized carbons (Fsp3) is 0.545. The molecule has 2 aromatic rings. The molecule has 32 heavy (non-hydrogen) atoms. The number of aryl methyl sites for hydroxylation is 1. The number of pyridine rings is 1. The number of ether oxygens (including phenoxy) is 2. The summed E-state index contributed by atoms with van der Waals surface area (Å²) < 4.78 is 12.0. The van der Waals surface area contributed by atoms with Gasteiger partial charge in [0.1, 0.15) is 6.33 Å². The maximum absolute atomic E-state index is 12.8. The Morgan fingerprint density at radius 1 is 1.34 bits per heavy atom. The summed E-state index contributed by atoms with van der Waals surface area (Å²) in [5, 5.41) is 17.7. The number of carbonyl (C=O) groups excluding carboxylic acids is 1. The van der Waals surface area contributed by atoms with Crippen molar-refractivity contribution in [2.75, 3.05) is 25.6 Å². The summed E-state index contributed by atoms with van der Waals surface area (Å²) >= 11 is 0. The molecule has 5 rings (SSSR count). The molecule has 3 aliphatic rings. The second-order valence-corrected chi connectivity index (χ2v) is 8.71. The zero-order valence-corrected chi connectivity index (χ0v) is 18.3. The Hall–Kier alpha value is -3.14. The highest BCUT2D eigenvalue weighted by molar-refractivity contribution is 6.00. The van der Waals surface area contributed by atoms with Crippen LogP contribution in [-0.2, 0) is 10.3 Å². The summed E-state index contributed by atoms with van der Waals surface area (Å²) in [6.45, 7) is 3.17. The number of aromatic nitrogens is 3. The van der Waals surface area contributed by atoms with E-state index in [2.05, 4.69) is 25.6 Å². The van der Waals surface area contributed by atoms with Gasteiger partial charge in [-0.15, -0.1) is 0 Å². The molecule has 1 aliphatic carbocycles. The number of anilines is 1. The molecule has 0 bridgehead atoms. The molecule has 2 fully saturated rings. The SMILES string of the molecule is COc1c(N=c2cc(C)c3c(n2O)C2(CCCCC2)NC3=O)ncnc1N[C@H]1CCOC1. The summed E-state index contributed by atoms with van der Waals surface area (Å²) in [7, 11) is 1.54. The largest absolute Gasteiger partial charge is 0.490 e. The second-order valence-electron chi connectivity index (χ2n) is 8.71. The minimum absolute atomic E-state index is 0.139. The monoisotopic (exact) mass is 440 g/mol. The standard InChI is InChI=1S/C22H28N6O4/c1-13-10-15(28(30)18-16(13)21(29)27-22(18)7-4-3-5-8-22)26-20-17(31-2)19(23-12-24-20)25-14-6-9-32-11-14/h10,12,14,30H,3-9,11H2,1-2H3,(H,27,29)(H,23,24,25)/t14-/m0/s1. The highest BCUT2D eigenvalue weighted by Crippen LogP contribution is 2.42. The number of fused-ring (bicyclic) bond motifs is 2. The first kappa shape index (κ1) is 20.7. The van der Waals surface area contributed by atoms with Gasteiger partial charge in [0.25, 0.3) is 5.91 Å². The number of rotatable bonds is 4. The summed E-state index contributed by atoms with van der Waals surface area (Å²) in [4.78, 5) is 26.0. The Morgan fingerprint density at radius 2 is 2.16 bits per heavy atom. The molecule has 10 heteroatoms. The third kappa shape index (κ3) is 3.38. The maximum Gasteiger partial charge on any atom is 0.254 e. The van der Waals surface area contributed by atoms with Crippen LogP contribution in [0.5, 0.6) is 5.75 Å². The Balaban J connectivity index is 1.62. The van der Waals surface area contributed by atoms with Crippen molar-refractivity contribution in [3.8, 4) is 5.75 Å². The summed E-state index contributed by atoms with van der Waals surface area (Å²) in [5.41, 5.74) is 1.62. The van der Waals surface area contributed by atoms with E-state index in [9.17, 15) is 10.0 Å². The van der Waals surface area contributed by atoms with E-state index < -0.39 is 5.54 Å². The molecule has 4 heterocycles. The number of amides is 1. The Labute approximate surface area is 185 Å². The van der Waals surface area contributed by atoms with Gasteiger partial charge in [-0.2, -0.15) is 4.73 Å². The van der Waals surface area contributed by atoms with Crippen molar-refractivity contribution >= 4 is 17.5 Å². The van der Waals surface area contributed by atoms with Crippen LogP contribution in [0.15, 0.2) is 17.4 Å². The van der Waals surface area contributed by atoms with Crippen LogP contribution in [0.2, 0.25) is 0 Å². The zero-order chi connectivity index (χ0) is 22.3. The number of nitrogens with zero attached hydrogens (tertiary/aromatic N) is 4. The highest BCUT2D eigenvalue weighted by atomic mass is 16.5. The van der Waals surface area contributed by atoms with Gasteiger partial charge in [0, 0.05) is 6.61 Å². The van der Waals surface area contributed by atoms with Gasteiger partial charge < -0.3 is 25.3 Å². The molecule has 1 amide bonds. The van der Waals surface area contributed by atoms with Gasteiger partial charge in [-0.05, 0) is 37.8 Å². The van der Waals surface area contributed by atoms with E-state index >= 15 is 0 Å². The molecule has 2 aliphatic heterocycles. The molecule has 3 N–H and O–H groups in total. The fourth-order valence-corrected chi connectivity index (χ4v) is 5.08. The van der Waals surface area contributed by atoms with Crippen LogP contribution in [0.25, 0.3) is 0 Å². The van der Waals surface area contributed by atoms with E-state index in [0.29, 0.717) is 41.9 Å². The van der Waals surface area contributed by atoms with Crippen molar-refractivity contribution in [2.45, 2.75) is 57.0 Å². The smallest absolute Gasteiger partial charge is 0.254 e. The van der Waals surface area contributed by atoms with E-state index in [1.165, 1.54) is 13.4 Å². The molecule has 2 aromatic heterocycles. The lowest BCUT2D eigenvalue weighted by Crippen LogP contribution is -2.43. The topological polar surface area (TPSA) is 123 Å². The van der Waals surface area contributed by atoms with Gasteiger partial charge in [0.05, 0.1) is 36.6 Å². The van der Waals surface area contributed by atoms with Crippen molar-refractivity contribution in [1.29, 1.82) is 0 Å². The molecule has 1 atom stereocenters. The lowest BCUT2D eigenvalue weighted by atomic mass is 9.79. The van der Waals surface area contributed by atoms with Gasteiger partial charge in [-0.3, -0.25) is 4.79 Å². The van der Waals surface area contributed by atoms with E-state index in [4.69, 9.17) is 9.47 Å². The summed E-state index contributed by atoms with van der Waals surface area (Å²) in [5.74, 6) is 1.07. The van der Waals surface area contributed by atoms with Crippen LogP contribution < -0.4 is 20.9 Å². The Bertz CT molecular complexity index is 1120. The average molecular weight is 441 g/mol. The van der Waals surface area contributed by atoms with E-state index in [1.807, 2.05) is 6.92 Å². The fourth-order valence-electron chi connectivity index (χ4n) is 5.08. The minimum atomic E-state index is -0.555. The number of hydrogen-bond acceptors (Lipinski definition) is 8. The lowest BCUT2D eigenvalue weighted by molar-refractivity contribution is 0.0892. The van der Waals surface area contributed by atoms with Gasteiger partial charge in [0.15, 0.2) is 11.3 Å². The van der Waals surface area contributed by atoms with Crippen molar-refractivity contribution in [2.24, 2.45) is 4.99 Å². The minimum Gasteiger partial charge on any atom is -0.490 e. The van der Waals surface area contributed by atoms with Gasteiger partial charge in [-0.25, -0.2) is 15.0 Å².